The monoisotopic (exact) mass is 680 g/mol. The topological polar surface area (TPSA) is 89.2 Å². The first-order valence-electron chi connectivity index (χ1n) is 15.4. The maximum Gasteiger partial charge on any atom is 0.416 e. The predicted octanol–water partition coefficient (Wildman–Crippen LogP) is 6.78. The minimum Gasteiger partial charge on any atom is -0.495 e. The van der Waals surface area contributed by atoms with E-state index >= 15 is 0 Å². The third-order valence-electron chi connectivity index (χ3n) is 8.00. The van der Waals surface area contributed by atoms with E-state index in [2.05, 4.69) is 20.4 Å². The first-order valence-corrected chi connectivity index (χ1v) is 15.4. The summed E-state index contributed by atoms with van der Waals surface area (Å²) in [6, 6.07) is 12.0. The molecule has 0 aromatic heterocycles. The van der Waals surface area contributed by atoms with Crippen LogP contribution in [0.4, 0.5) is 53.9 Å². The van der Waals surface area contributed by atoms with Crippen LogP contribution in [0, 0.1) is 0 Å². The maximum atomic E-state index is 13.5. The highest BCUT2D eigenvalue weighted by molar-refractivity contribution is 6.04. The zero-order valence-electron chi connectivity index (χ0n) is 26.8. The number of methoxy groups -OCH3 is 1. The summed E-state index contributed by atoms with van der Waals surface area (Å²) in [5.41, 5.74) is -1.92. The van der Waals surface area contributed by atoms with Gasteiger partial charge in [-0.25, -0.2) is 4.79 Å². The number of carbonyl (C=O) groups excluding carboxylic acids is 2. The largest absolute Gasteiger partial charge is 0.495 e. The van der Waals surface area contributed by atoms with Crippen molar-refractivity contribution in [1.82, 2.24) is 10.2 Å². The summed E-state index contributed by atoms with van der Waals surface area (Å²) in [4.78, 5) is 32.6. The molecule has 1 heterocycles. The van der Waals surface area contributed by atoms with Crippen LogP contribution in [0.3, 0.4) is 0 Å². The fourth-order valence-corrected chi connectivity index (χ4v) is 5.43. The van der Waals surface area contributed by atoms with Crippen molar-refractivity contribution in [3.63, 3.8) is 0 Å². The van der Waals surface area contributed by atoms with Crippen molar-refractivity contribution in [3.8, 4) is 5.75 Å². The Hall–Kier alpha value is -4.66. The van der Waals surface area contributed by atoms with Crippen molar-refractivity contribution in [1.29, 1.82) is 0 Å². The van der Waals surface area contributed by atoms with E-state index in [4.69, 9.17) is 4.74 Å². The van der Waals surface area contributed by atoms with Gasteiger partial charge < -0.3 is 35.4 Å². The number of benzene rings is 3. The third-order valence-corrected chi connectivity index (χ3v) is 8.00. The van der Waals surface area contributed by atoms with Crippen LogP contribution >= 0.6 is 0 Å². The molecule has 1 saturated heterocycles. The normalized spacial score (nSPS) is 13.8. The number of carbonyl (C=O) groups is 2. The molecule has 0 aliphatic carbocycles. The van der Waals surface area contributed by atoms with Gasteiger partial charge in [0.2, 0.25) is 0 Å². The lowest BCUT2D eigenvalue weighted by Crippen LogP contribution is -2.47. The molecule has 4 rings (SSSR count). The number of anilines is 4. The molecular weight excluding hydrogens is 642 g/mol. The summed E-state index contributed by atoms with van der Waals surface area (Å²) in [7, 11) is 1.61. The van der Waals surface area contributed by atoms with Crippen LogP contribution in [-0.4, -0.2) is 76.3 Å². The summed E-state index contributed by atoms with van der Waals surface area (Å²) in [5, 5.41) is 7.39. The van der Waals surface area contributed by atoms with Gasteiger partial charge in [0.05, 0.1) is 29.5 Å². The Labute approximate surface area is 274 Å². The molecule has 3 aromatic carbocycles. The van der Waals surface area contributed by atoms with Crippen molar-refractivity contribution in [2.24, 2.45) is 0 Å². The number of nitrogens with zero attached hydrogens (tertiary/aromatic N) is 3. The van der Waals surface area contributed by atoms with Crippen LogP contribution < -0.4 is 30.5 Å². The van der Waals surface area contributed by atoms with Gasteiger partial charge in [0.25, 0.3) is 5.91 Å². The van der Waals surface area contributed by atoms with Gasteiger partial charge in [0.1, 0.15) is 5.75 Å². The molecule has 0 radical (unpaired) electrons. The Kier molecular flexibility index (Phi) is 11.7. The summed E-state index contributed by atoms with van der Waals surface area (Å²) in [5.74, 6) is 0.341. The number of likely N-dealkylation sites (N-methyl/N-ethyl adjacent to an activating group) is 1. The standard InChI is InChI=1S/C33H38F6N6O3/c1-4-43(5-2)13-12-40-30(46)26-21-24(41-31(47)42-25-19-22(32(34,35)36)18-23(20-25)33(37,38)39)10-11-27(26)44-14-16-45(17-15-44)28-8-6-7-9-29(28)48-3/h6-11,18-21H,4-5,12-17H2,1-3H3,(H,40,46)(H2,41,42,47). The number of urea groups is 1. The number of hydrogen-bond donors (Lipinski definition) is 3. The van der Waals surface area contributed by atoms with Gasteiger partial charge in [-0.1, -0.05) is 26.0 Å². The quantitative estimate of drug-likeness (QED) is 0.194. The van der Waals surface area contributed by atoms with E-state index < -0.39 is 41.1 Å². The molecule has 3 N–H and O–H groups in total. The van der Waals surface area contributed by atoms with Crippen molar-refractivity contribution >= 4 is 34.7 Å². The molecule has 0 atom stereocenters. The lowest BCUT2D eigenvalue weighted by atomic mass is 10.1. The van der Waals surface area contributed by atoms with Crippen LogP contribution in [-0.2, 0) is 12.4 Å². The molecule has 9 nitrogen and oxygen atoms in total. The van der Waals surface area contributed by atoms with E-state index in [0.717, 1.165) is 24.5 Å². The van der Waals surface area contributed by atoms with E-state index in [9.17, 15) is 35.9 Å². The zero-order chi connectivity index (χ0) is 35.1. The first-order chi connectivity index (χ1) is 22.7. The highest BCUT2D eigenvalue weighted by Crippen LogP contribution is 2.38. The van der Waals surface area contributed by atoms with E-state index in [1.165, 1.54) is 12.1 Å². The molecule has 260 valence electrons. The Morgan fingerprint density at radius 2 is 1.33 bits per heavy atom. The van der Waals surface area contributed by atoms with E-state index in [0.29, 0.717) is 57.1 Å². The van der Waals surface area contributed by atoms with Gasteiger partial charge in [0, 0.05) is 56.3 Å². The molecule has 3 amide bonds. The lowest BCUT2D eigenvalue weighted by Gasteiger charge is -2.38. The van der Waals surface area contributed by atoms with Gasteiger partial charge in [-0.3, -0.25) is 4.79 Å². The second-order valence-electron chi connectivity index (χ2n) is 11.0. The van der Waals surface area contributed by atoms with Gasteiger partial charge in [-0.05, 0) is 61.6 Å². The van der Waals surface area contributed by atoms with Gasteiger partial charge >= 0.3 is 18.4 Å². The number of halogens is 6. The smallest absolute Gasteiger partial charge is 0.416 e. The lowest BCUT2D eigenvalue weighted by molar-refractivity contribution is -0.143. The summed E-state index contributed by atoms with van der Waals surface area (Å²) >= 11 is 0. The average molecular weight is 681 g/mol. The third kappa shape index (κ3) is 9.24. The number of ether oxygens (including phenoxy) is 1. The molecule has 0 unspecified atom stereocenters. The average Bonchev–Trinajstić information content (AvgIpc) is 3.05. The second-order valence-corrected chi connectivity index (χ2v) is 11.0. The summed E-state index contributed by atoms with van der Waals surface area (Å²) < 4.78 is 85.3. The number of alkyl halides is 6. The molecule has 48 heavy (non-hydrogen) atoms. The molecule has 1 fully saturated rings. The van der Waals surface area contributed by atoms with E-state index in [1.54, 1.807) is 13.2 Å². The van der Waals surface area contributed by atoms with Crippen LogP contribution in [0.5, 0.6) is 5.75 Å². The minimum absolute atomic E-state index is 0.0247. The highest BCUT2D eigenvalue weighted by Gasteiger charge is 2.37. The van der Waals surface area contributed by atoms with Crippen molar-refractivity contribution in [2.45, 2.75) is 26.2 Å². The maximum absolute atomic E-state index is 13.5. The number of rotatable bonds is 11. The van der Waals surface area contributed by atoms with Crippen LogP contribution in [0.25, 0.3) is 0 Å². The zero-order valence-corrected chi connectivity index (χ0v) is 26.8. The molecule has 0 spiro atoms. The molecule has 1 aliphatic heterocycles. The molecule has 3 aromatic rings. The Bertz CT molecular complexity index is 1540. The fraction of sp³-hybridized carbons (Fsp3) is 0.394. The predicted molar refractivity (Wildman–Crippen MR) is 173 cm³/mol. The van der Waals surface area contributed by atoms with Crippen LogP contribution in [0.1, 0.15) is 35.3 Å². The Morgan fingerprint density at radius 3 is 1.90 bits per heavy atom. The van der Waals surface area contributed by atoms with Crippen molar-refractivity contribution in [3.05, 3.63) is 77.4 Å². The van der Waals surface area contributed by atoms with E-state index in [1.807, 2.05) is 48.3 Å². The number of nitrogens with one attached hydrogen (secondary N) is 3. The SMILES string of the molecule is CCN(CC)CCNC(=O)c1cc(NC(=O)Nc2cc(C(F)(F)F)cc(C(F)(F)F)c2)ccc1N1CCN(c2ccccc2OC)CC1. The fourth-order valence-electron chi connectivity index (χ4n) is 5.43. The first kappa shape index (κ1) is 36.2. The molecule has 1 aliphatic rings. The number of piperazine rings is 1. The molecule has 0 saturated carbocycles. The molecule has 15 heteroatoms. The van der Waals surface area contributed by atoms with Crippen molar-refractivity contribution < 1.29 is 40.7 Å². The molecule has 0 bridgehead atoms. The van der Waals surface area contributed by atoms with Crippen LogP contribution in [0.2, 0.25) is 0 Å². The van der Waals surface area contributed by atoms with Crippen molar-refractivity contribution in [2.75, 3.05) is 79.9 Å². The highest BCUT2D eigenvalue weighted by atomic mass is 19.4. The van der Waals surface area contributed by atoms with Gasteiger partial charge in [-0.2, -0.15) is 26.3 Å². The van der Waals surface area contributed by atoms with E-state index in [-0.39, 0.29) is 17.3 Å². The number of hydrogen-bond acceptors (Lipinski definition) is 6. The molecular formula is C33H38F6N6O3. The Balaban J connectivity index is 1.55. The second kappa shape index (κ2) is 15.5. The van der Waals surface area contributed by atoms with Gasteiger partial charge in [0.15, 0.2) is 0 Å². The van der Waals surface area contributed by atoms with Crippen LogP contribution in [0.15, 0.2) is 60.7 Å². The number of para-hydroxylation sites is 2. The summed E-state index contributed by atoms with van der Waals surface area (Å²) in [6.07, 6.45) is -10.1. The minimum atomic E-state index is -5.07. The summed E-state index contributed by atoms with van der Waals surface area (Å²) in [6.45, 7) is 8.97. The van der Waals surface area contributed by atoms with Gasteiger partial charge in [-0.15, -0.1) is 0 Å². The number of amides is 3. The Morgan fingerprint density at radius 1 is 0.771 bits per heavy atom.